The molecule has 8 heteroatoms. The Labute approximate surface area is 179 Å². The van der Waals surface area contributed by atoms with Gasteiger partial charge in [-0.1, -0.05) is 30.0 Å². The number of rotatable bonds is 2. The summed E-state index contributed by atoms with van der Waals surface area (Å²) < 4.78 is 3.50. The molecule has 7 nitrogen and oxygen atoms in total. The number of hydrogen-bond acceptors (Lipinski definition) is 5. The highest BCUT2D eigenvalue weighted by molar-refractivity contribution is 7.99. The van der Waals surface area contributed by atoms with Crippen molar-refractivity contribution in [2.24, 2.45) is 0 Å². The van der Waals surface area contributed by atoms with E-state index in [-0.39, 0.29) is 23.0 Å². The normalized spacial score (nSPS) is 18.5. The Morgan fingerprint density at radius 2 is 2.07 bits per heavy atom. The van der Waals surface area contributed by atoms with Crippen molar-refractivity contribution in [3.05, 3.63) is 46.4 Å². The molecule has 3 aromatic rings. The molecular formula is C22H25N5O2S. The lowest BCUT2D eigenvalue weighted by molar-refractivity contribution is -0.119. The van der Waals surface area contributed by atoms with Gasteiger partial charge in [0.25, 0.3) is 5.56 Å². The summed E-state index contributed by atoms with van der Waals surface area (Å²) in [7, 11) is 0. The van der Waals surface area contributed by atoms with Gasteiger partial charge in [-0.25, -0.2) is 9.67 Å². The molecule has 1 amide bonds. The van der Waals surface area contributed by atoms with E-state index in [9.17, 15) is 9.59 Å². The maximum Gasteiger partial charge on any atom is 0.265 e. The van der Waals surface area contributed by atoms with Gasteiger partial charge in [0.2, 0.25) is 5.91 Å². The number of fused-ring (bicyclic) bond motifs is 3. The highest BCUT2D eigenvalue weighted by atomic mass is 32.2. The van der Waals surface area contributed by atoms with Crippen molar-refractivity contribution in [3.63, 3.8) is 0 Å². The lowest BCUT2D eigenvalue weighted by Gasteiger charge is -2.30. The van der Waals surface area contributed by atoms with E-state index in [1.165, 1.54) is 5.56 Å². The zero-order valence-electron chi connectivity index (χ0n) is 17.5. The molecule has 0 radical (unpaired) electrons. The molecule has 2 aromatic heterocycles. The first kappa shape index (κ1) is 19.4. The molecule has 0 saturated heterocycles. The number of nitrogens with zero attached hydrogens (tertiary/aromatic N) is 5. The smallest absolute Gasteiger partial charge is 0.265 e. The summed E-state index contributed by atoms with van der Waals surface area (Å²) in [5, 5.41) is 5.60. The lowest BCUT2D eigenvalue weighted by atomic mass is 10.0. The summed E-state index contributed by atoms with van der Waals surface area (Å²) >= 11 is 1.54. The van der Waals surface area contributed by atoms with E-state index in [1.54, 1.807) is 27.2 Å². The second-order valence-corrected chi connectivity index (χ2v) is 9.97. The van der Waals surface area contributed by atoms with Crippen LogP contribution in [0.25, 0.3) is 11.0 Å². The summed E-state index contributed by atoms with van der Waals surface area (Å²) in [4.78, 5) is 33.1. The highest BCUT2D eigenvalue weighted by Crippen LogP contribution is 2.35. The number of thioether (sulfide) groups is 1. The van der Waals surface area contributed by atoms with Crippen molar-refractivity contribution in [3.8, 4) is 0 Å². The first-order valence-corrected chi connectivity index (χ1v) is 11.3. The van der Waals surface area contributed by atoms with Crippen LogP contribution in [0.1, 0.15) is 45.2 Å². The summed E-state index contributed by atoms with van der Waals surface area (Å²) in [6, 6.07) is 7.91. The number of para-hydroxylation sites is 1. The SMILES string of the molecule is CC(C)(C)n1ncc2c(=O)n3c(nc21)SCC3CC(=O)N1CCCc2ccccc21. The number of hydrogen-bond donors (Lipinski definition) is 0. The van der Waals surface area contributed by atoms with Crippen molar-refractivity contribution < 1.29 is 4.79 Å². The quantitative estimate of drug-likeness (QED) is 0.591. The van der Waals surface area contributed by atoms with Gasteiger partial charge in [0.1, 0.15) is 5.39 Å². The number of aromatic nitrogens is 4. The number of carbonyl (C=O) groups is 1. The molecule has 0 saturated carbocycles. The predicted molar refractivity (Wildman–Crippen MR) is 118 cm³/mol. The van der Waals surface area contributed by atoms with Gasteiger partial charge in [-0.05, 0) is 45.2 Å². The van der Waals surface area contributed by atoms with Crippen LogP contribution in [0.15, 0.2) is 40.4 Å². The van der Waals surface area contributed by atoms with E-state index in [0.717, 1.165) is 25.1 Å². The molecule has 4 heterocycles. The highest BCUT2D eigenvalue weighted by Gasteiger charge is 2.32. The Bertz CT molecular complexity index is 1210. The molecule has 30 heavy (non-hydrogen) atoms. The number of aryl methyl sites for hydroxylation is 1. The molecule has 0 fully saturated rings. The van der Waals surface area contributed by atoms with Crippen molar-refractivity contribution in [1.82, 2.24) is 19.3 Å². The zero-order chi connectivity index (χ0) is 21.0. The molecule has 0 bridgehead atoms. The molecule has 1 aromatic carbocycles. The number of anilines is 1. The third-order valence-electron chi connectivity index (χ3n) is 5.83. The van der Waals surface area contributed by atoms with E-state index in [1.807, 2.05) is 43.9 Å². The van der Waals surface area contributed by atoms with Crippen LogP contribution in [0.2, 0.25) is 0 Å². The van der Waals surface area contributed by atoms with Gasteiger partial charge in [0, 0.05) is 24.4 Å². The molecular weight excluding hydrogens is 398 g/mol. The molecule has 0 aliphatic carbocycles. The Morgan fingerprint density at radius 3 is 2.87 bits per heavy atom. The fourth-order valence-corrected chi connectivity index (χ4v) is 5.51. The topological polar surface area (TPSA) is 73.0 Å². The van der Waals surface area contributed by atoms with E-state index < -0.39 is 0 Å². The Balaban J connectivity index is 1.47. The van der Waals surface area contributed by atoms with Crippen LogP contribution >= 0.6 is 11.8 Å². The van der Waals surface area contributed by atoms with E-state index in [2.05, 4.69) is 11.2 Å². The van der Waals surface area contributed by atoms with Gasteiger partial charge >= 0.3 is 0 Å². The van der Waals surface area contributed by atoms with Crippen molar-refractivity contribution in [1.29, 1.82) is 0 Å². The average Bonchev–Trinajstić information content (AvgIpc) is 3.32. The Hall–Kier alpha value is -2.61. The molecule has 1 unspecified atom stereocenters. The van der Waals surface area contributed by atoms with Crippen LogP contribution in [0.3, 0.4) is 0 Å². The monoisotopic (exact) mass is 423 g/mol. The third kappa shape index (κ3) is 3.05. The second kappa shape index (κ2) is 6.97. The molecule has 0 N–H and O–H groups in total. The minimum atomic E-state index is -0.264. The van der Waals surface area contributed by atoms with Gasteiger partial charge in [-0.15, -0.1) is 0 Å². The van der Waals surface area contributed by atoms with E-state index in [4.69, 9.17) is 4.98 Å². The average molecular weight is 424 g/mol. The maximum absolute atomic E-state index is 13.3. The van der Waals surface area contributed by atoms with Crippen LogP contribution in [0.5, 0.6) is 0 Å². The Morgan fingerprint density at radius 1 is 1.27 bits per heavy atom. The lowest BCUT2D eigenvalue weighted by Crippen LogP contribution is -2.37. The summed E-state index contributed by atoms with van der Waals surface area (Å²) in [5.41, 5.74) is 2.47. The van der Waals surface area contributed by atoms with Crippen molar-refractivity contribution in [2.75, 3.05) is 17.2 Å². The van der Waals surface area contributed by atoms with Crippen molar-refractivity contribution >= 4 is 34.4 Å². The van der Waals surface area contributed by atoms with Gasteiger partial charge in [0.05, 0.1) is 17.8 Å². The standard InChI is InChI=1S/C22H25N5O2S/c1-22(2,3)27-19-16(12-23-27)20(29)26-15(13-30-21(26)24-19)11-18(28)25-10-6-8-14-7-4-5-9-17(14)25/h4-5,7,9,12,15H,6,8,10-11,13H2,1-3H3. The summed E-state index contributed by atoms with van der Waals surface area (Å²) in [5.74, 6) is 0.747. The van der Waals surface area contributed by atoms with Crippen LogP contribution in [0, 0.1) is 0 Å². The van der Waals surface area contributed by atoms with Crippen LogP contribution in [0.4, 0.5) is 5.69 Å². The van der Waals surface area contributed by atoms with Crippen molar-refractivity contribution in [2.45, 2.75) is 56.8 Å². The number of benzene rings is 1. The third-order valence-corrected chi connectivity index (χ3v) is 6.93. The second-order valence-electron chi connectivity index (χ2n) is 8.98. The molecule has 5 rings (SSSR count). The molecule has 156 valence electrons. The number of carbonyl (C=O) groups excluding carboxylic acids is 1. The molecule has 0 spiro atoms. The van der Waals surface area contributed by atoms with Gasteiger partial charge < -0.3 is 4.90 Å². The minimum Gasteiger partial charge on any atom is -0.312 e. The molecule has 1 atom stereocenters. The fourth-order valence-electron chi connectivity index (χ4n) is 4.38. The molecule has 2 aliphatic heterocycles. The van der Waals surface area contributed by atoms with Gasteiger partial charge in [0.15, 0.2) is 10.8 Å². The first-order valence-electron chi connectivity index (χ1n) is 10.4. The van der Waals surface area contributed by atoms with E-state index >= 15 is 0 Å². The predicted octanol–water partition coefficient (Wildman–Crippen LogP) is 3.36. The fraction of sp³-hybridized carbons (Fsp3) is 0.455. The van der Waals surface area contributed by atoms with Gasteiger partial charge in [-0.2, -0.15) is 5.10 Å². The van der Waals surface area contributed by atoms with Gasteiger partial charge in [-0.3, -0.25) is 14.2 Å². The zero-order valence-corrected chi connectivity index (χ0v) is 18.3. The van der Waals surface area contributed by atoms with E-state index in [0.29, 0.717) is 28.4 Å². The first-order chi connectivity index (χ1) is 14.3. The largest absolute Gasteiger partial charge is 0.312 e. The summed E-state index contributed by atoms with van der Waals surface area (Å²) in [6.07, 6.45) is 3.87. The summed E-state index contributed by atoms with van der Waals surface area (Å²) in [6.45, 7) is 6.85. The van der Waals surface area contributed by atoms with Crippen LogP contribution in [-0.2, 0) is 16.8 Å². The Kier molecular flexibility index (Phi) is 4.50. The maximum atomic E-state index is 13.3. The van der Waals surface area contributed by atoms with Crippen LogP contribution < -0.4 is 10.5 Å². The number of amides is 1. The minimum absolute atomic E-state index is 0.0676. The molecule has 2 aliphatic rings. The van der Waals surface area contributed by atoms with Crippen LogP contribution in [-0.4, -0.2) is 37.5 Å².